The van der Waals surface area contributed by atoms with Crippen LogP contribution in [0.4, 0.5) is 0 Å². The smallest absolute Gasteiger partial charge is 0.345 e. The molecule has 0 bridgehead atoms. The molecule has 4 heteroatoms. The Morgan fingerprint density at radius 3 is 1.54 bits per heavy atom. The summed E-state index contributed by atoms with van der Waals surface area (Å²) >= 11 is 0. The normalized spacial score (nSPS) is 10.4. The van der Waals surface area contributed by atoms with Crippen LogP contribution >= 0.6 is 0 Å². The zero-order valence-corrected chi connectivity index (χ0v) is 15.0. The van der Waals surface area contributed by atoms with Crippen molar-refractivity contribution in [3.8, 4) is 0 Å². The summed E-state index contributed by atoms with van der Waals surface area (Å²) in [5.41, 5.74) is -0.250. The molecule has 4 N–H and O–H groups in total. The van der Waals surface area contributed by atoms with E-state index in [4.69, 9.17) is 4.74 Å². The van der Waals surface area contributed by atoms with E-state index in [2.05, 4.69) is 20.8 Å². The predicted molar refractivity (Wildman–Crippen MR) is 98.5 cm³/mol. The van der Waals surface area contributed by atoms with Crippen molar-refractivity contribution in [3.63, 3.8) is 0 Å². The lowest BCUT2D eigenvalue weighted by molar-refractivity contribution is -0.158. The third kappa shape index (κ3) is 5.18. The lowest BCUT2D eigenvalue weighted by atomic mass is 9.86. The lowest BCUT2D eigenvalue weighted by Crippen LogP contribution is -2.38. The summed E-state index contributed by atoms with van der Waals surface area (Å²) in [5, 5.41) is 9.61. The minimum atomic E-state index is -1.46. The van der Waals surface area contributed by atoms with Gasteiger partial charge in [-0.2, -0.15) is 0 Å². The summed E-state index contributed by atoms with van der Waals surface area (Å²) in [4.78, 5) is 11.7. The maximum atomic E-state index is 11.7. The number of ether oxygens (including phenoxy) is 1. The van der Waals surface area contributed by atoms with Gasteiger partial charge in [0.15, 0.2) is 0 Å². The zero-order chi connectivity index (χ0) is 17.3. The fourth-order valence-electron chi connectivity index (χ4n) is 2.08. The monoisotopic (exact) mass is 331 g/mol. The number of carboxylic acids is 1. The Bertz CT molecular complexity index is 543. The first-order valence-corrected chi connectivity index (χ1v) is 7.88. The minimum Gasteiger partial charge on any atom is -0.479 e. The minimum absolute atomic E-state index is 0. The number of aliphatic carboxylic acids is 1. The van der Waals surface area contributed by atoms with Crippen LogP contribution in [-0.4, -0.2) is 18.2 Å². The van der Waals surface area contributed by atoms with E-state index < -0.39 is 11.6 Å². The molecule has 24 heavy (non-hydrogen) atoms. The van der Waals surface area contributed by atoms with Gasteiger partial charge in [-0.25, -0.2) is 4.79 Å². The molecule has 0 saturated carbocycles. The van der Waals surface area contributed by atoms with Crippen LogP contribution in [0.25, 0.3) is 0 Å². The maximum absolute atomic E-state index is 11.7. The predicted octanol–water partition coefficient (Wildman–Crippen LogP) is 4.88. The summed E-state index contributed by atoms with van der Waals surface area (Å²) in [7, 11) is 1.41. The first-order valence-electron chi connectivity index (χ1n) is 7.88. The first kappa shape index (κ1) is 21.8. The van der Waals surface area contributed by atoms with Crippen molar-refractivity contribution in [1.82, 2.24) is 6.15 Å². The van der Waals surface area contributed by atoms with E-state index >= 15 is 0 Å². The second kappa shape index (κ2) is 10.6. The van der Waals surface area contributed by atoms with Gasteiger partial charge >= 0.3 is 5.97 Å². The van der Waals surface area contributed by atoms with Crippen molar-refractivity contribution in [2.75, 3.05) is 7.11 Å². The number of methoxy groups -OCH3 is 1. The van der Waals surface area contributed by atoms with E-state index in [1.807, 2.05) is 12.1 Å². The van der Waals surface area contributed by atoms with Crippen LogP contribution in [-0.2, 0) is 15.1 Å². The highest BCUT2D eigenvalue weighted by atomic mass is 16.5. The summed E-state index contributed by atoms with van der Waals surface area (Å²) in [6.45, 7) is 6.64. The van der Waals surface area contributed by atoms with Gasteiger partial charge in [0.05, 0.1) is 0 Å². The Labute approximate surface area is 145 Å². The highest BCUT2D eigenvalue weighted by Crippen LogP contribution is 2.33. The second-order valence-electron chi connectivity index (χ2n) is 5.72. The van der Waals surface area contributed by atoms with Crippen molar-refractivity contribution < 1.29 is 14.6 Å². The molecule has 0 heterocycles. The number of rotatable bonds is 5. The fraction of sp³-hybridized carbons (Fsp3) is 0.350. The van der Waals surface area contributed by atoms with Crippen LogP contribution in [0.5, 0.6) is 0 Å². The number of hydrogen-bond acceptors (Lipinski definition) is 3. The van der Waals surface area contributed by atoms with Crippen LogP contribution in [0.1, 0.15) is 38.3 Å². The molecule has 0 aromatic heterocycles. The molecule has 2 aromatic carbocycles. The van der Waals surface area contributed by atoms with Gasteiger partial charge in [-0.15, -0.1) is 0 Å². The Morgan fingerprint density at radius 2 is 1.33 bits per heavy atom. The summed E-state index contributed by atoms with van der Waals surface area (Å²) in [6.07, 6.45) is 1.31. The third-order valence-corrected chi connectivity index (χ3v) is 3.78. The van der Waals surface area contributed by atoms with Gasteiger partial charge in [0.1, 0.15) is 0 Å². The van der Waals surface area contributed by atoms with Crippen molar-refractivity contribution in [2.45, 2.75) is 32.8 Å². The van der Waals surface area contributed by atoms with E-state index in [9.17, 15) is 9.90 Å². The van der Waals surface area contributed by atoms with Gasteiger partial charge < -0.3 is 16.0 Å². The van der Waals surface area contributed by atoms with Crippen molar-refractivity contribution in [3.05, 3.63) is 71.8 Å². The summed E-state index contributed by atoms with van der Waals surface area (Å²) < 4.78 is 5.37. The molecular formula is C20H29NO3. The van der Waals surface area contributed by atoms with Crippen LogP contribution in [0.15, 0.2) is 60.7 Å². The SMILES string of the molecule is CCC(C)C.COC(C(=O)O)(c1ccccc1)c1ccccc1.N. The third-order valence-electron chi connectivity index (χ3n) is 3.78. The molecule has 0 amide bonds. The molecule has 0 aliphatic heterocycles. The average Bonchev–Trinajstić information content (AvgIpc) is 2.58. The van der Waals surface area contributed by atoms with Crippen LogP contribution in [0, 0.1) is 5.92 Å². The average molecular weight is 331 g/mol. The lowest BCUT2D eigenvalue weighted by Gasteiger charge is -2.28. The maximum Gasteiger partial charge on any atom is 0.345 e. The Kier molecular flexibility index (Phi) is 9.62. The zero-order valence-electron chi connectivity index (χ0n) is 15.0. The van der Waals surface area contributed by atoms with Crippen molar-refractivity contribution in [1.29, 1.82) is 0 Å². The number of carbonyl (C=O) groups is 1. The van der Waals surface area contributed by atoms with E-state index in [0.717, 1.165) is 5.92 Å². The molecule has 4 nitrogen and oxygen atoms in total. The molecular weight excluding hydrogens is 302 g/mol. The number of carboxylic acid groups (broad SMARTS) is 1. The van der Waals surface area contributed by atoms with Gasteiger partial charge in [0, 0.05) is 7.11 Å². The highest BCUT2D eigenvalue weighted by Gasteiger charge is 2.42. The molecule has 132 valence electrons. The molecule has 0 unspecified atom stereocenters. The quantitative estimate of drug-likeness (QED) is 0.818. The Morgan fingerprint density at radius 1 is 1.00 bits per heavy atom. The van der Waals surface area contributed by atoms with Crippen LogP contribution in [0.3, 0.4) is 0 Å². The largest absolute Gasteiger partial charge is 0.479 e. The van der Waals surface area contributed by atoms with E-state index in [0.29, 0.717) is 11.1 Å². The number of benzene rings is 2. The van der Waals surface area contributed by atoms with Crippen molar-refractivity contribution >= 4 is 5.97 Å². The van der Waals surface area contributed by atoms with Gasteiger partial charge in [-0.05, 0) is 17.0 Å². The molecule has 0 aliphatic rings. The molecule has 0 saturated heterocycles. The topological polar surface area (TPSA) is 81.5 Å². The molecule has 0 radical (unpaired) electrons. The Hall–Kier alpha value is -2.17. The first-order chi connectivity index (χ1) is 11.0. The van der Waals surface area contributed by atoms with Gasteiger partial charge in [-0.1, -0.05) is 87.9 Å². The van der Waals surface area contributed by atoms with Gasteiger partial charge in [0.2, 0.25) is 5.60 Å². The molecule has 0 spiro atoms. The van der Waals surface area contributed by atoms with E-state index in [-0.39, 0.29) is 6.15 Å². The molecule has 0 aliphatic carbocycles. The highest BCUT2D eigenvalue weighted by molar-refractivity contribution is 5.84. The van der Waals surface area contributed by atoms with E-state index in [1.165, 1.54) is 13.5 Å². The van der Waals surface area contributed by atoms with Gasteiger partial charge in [-0.3, -0.25) is 0 Å². The van der Waals surface area contributed by atoms with E-state index in [1.54, 1.807) is 48.5 Å². The fourth-order valence-corrected chi connectivity index (χ4v) is 2.08. The molecule has 0 fully saturated rings. The van der Waals surface area contributed by atoms with Gasteiger partial charge in [0.25, 0.3) is 0 Å². The standard InChI is InChI=1S/C15H14O3.C5H12.H3N/c1-18-15(14(16)17,12-8-4-2-5-9-12)13-10-6-3-7-11-13;1-4-5(2)3;/h2-11H,1H3,(H,16,17);5H,4H2,1-3H3;1H3. The molecule has 2 rings (SSSR count). The second-order valence-corrected chi connectivity index (χ2v) is 5.72. The van der Waals surface area contributed by atoms with Crippen LogP contribution < -0.4 is 6.15 Å². The summed E-state index contributed by atoms with van der Waals surface area (Å²) in [6, 6.07) is 17.9. The molecule has 0 atom stereocenters. The van der Waals surface area contributed by atoms with Crippen molar-refractivity contribution in [2.24, 2.45) is 5.92 Å². The molecule has 2 aromatic rings. The Balaban J connectivity index is 0.000000777. The number of hydrogen-bond donors (Lipinski definition) is 2. The summed E-state index contributed by atoms with van der Waals surface area (Å²) in [5.74, 6) is -0.141. The van der Waals surface area contributed by atoms with Crippen LogP contribution in [0.2, 0.25) is 0 Å².